The third kappa shape index (κ3) is 4.37. The van der Waals surface area contributed by atoms with E-state index in [9.17, 15) is 0 Å². The summed E-state index contributed by atoms with van der Waals surface area (Å²) in [6, 6.07) is 44.3. The van der Waals surface area contributed by atoms with Gasteiger partial charge in [-0.1, -0.05) is 105 Å². The number of anilines is 1. The maximum atomic E-state index is 4.97. The Bertz CT molecular complexity index is 2350. The molecule has 2 aliphatic carbocycles. The molecule has 0 saturated heterocycles. The average molecular weight is 622 g/mol. The minimum atomic E-state index is -0.266. The Kier molecular flexibility index (Phi) is 6.49. The van der Waals surface area contributed by atoms with Crippen LogP contribution in [0.1, 0.15) is 51.2 Å². The highest BCUT2D eigenvalue weighted by molar-refractivity contribution is 6.10. The van der Waals surface area contributed by atoms with Gasteiger partial charge in [-0.25, -0.2) is 4.99 Å². The SMILES string of the molecule is CC1(C)C2=CC(C)(N(C3=CCCC=N3)c3ccc(-c4ccc5c(c4)c4ccccc4n5-c4ccccc4)cc3)CC=C2c2ccccc21. The van der Waals surface area contributed by atoms with E-state index < -0.39 is 0 Å². The van der Waals surface area contributed by atoms with Gasteiger partial charge in [-0.05, 0) is 108 Å². The smallest absolute Gasteiger partial charge is 0.129 e. The molecule has 2 heterocycles. The molecule has 0 saturated carbocycles. The molecule has 0 fully saturated rings. The average Bonchev–Trinajstić information content (AvgIpc) is 3.57. The lowest BCUT2D eigenvalue weighted by atomic mass is 9.76. The molecule has 9 rings (SSSR count). The second-order valence-electron chi connectivity index (χ2n) is 14.2. The van der Waals surface area contributed by atoms with Crippen molar-refractivity contribution >= 4 is 39.3 Å². The lowest BCUT2D eigenvalue weighted by Crippen LogP contribution is -2.46. The van der Waals surface area contributed by atoms with Crippen molar-refractivity contribution in [1.82, 2.24) is 4.57 Å². The molecule has 1 aliphatic heterocycles. The first-order valence-corrected chi connectivity index (χ1v) is 17.2. The van der Waals surface area contributed by atoms with Crippen LogP contribution < -0.4 is 4.90 Å². The quantitative estimate of drug-likeness (QED) is 0.188. The highest BCUT2D eigenvalue weighted by atomic mass is 15.3. The maximum absolute atomic E-state index is 4.97. The van der Waals surface area contributed by atoms with Crippen LogP contribution in [-0.4, -0.2) is 16.3 Å². The Labute approximate surface area is 282 Å². The topological polar surface area (TPSA) is 20.5 Å². The molecule has 0 N–H and O–H groups in total. The number of allylic oxidation sites excluding steroid dienone is 3. The molecule has 3 nitrogen and oxygen atoms in total. The fourth-order valence-corrected chi connectivity index (χ4v) is 8.35. The Hall–Kier alpha value is -5.41. The van der Waals surface area contributed by atoms with E-state index in [0.717, 1.165) is 30.8 Å². The van der Waals surface area contributed by atoms with Crippen molar-refractivity contribution in [2.45, 2.75) is 51.0 Å². The van der Waals surface area contributed by atoms with Crippen LogP contribution in [0.5, 0.6) is 0 Å². The van der Waals surface area contributed by atoms with Gasteiger partial charge in [-0.3, -0.25) is 0 Å². The van der Waals surface area contributed by atoms with Gasteiger partial charge in [-0.15, -0.1) is 0 Å². The van der Waals surface area contributed by atoms with Crippen molar-refractivity contribution in [2.24, 2.45) is 4.99 Å². The van der Waals surface area contributed by atoms with E-state index in [-0.39, 0.29) is 11.0 Å². The number of hydrogen-bond acceptors (Lipinski definition) is 2. The fraction of sp³-hybridized carbons (Fsp3) is 0.178. The number of nitrogens with zero attached hydrogens (tertiary/aromatic N) is 3. The van der Waals surface area contributed by atoms with Crippen molar-refractivity contribution in [3.05, 3.63) is 162 Å². The van der Waals surface area contributed by atoms with Crippen LogP contribution in [0, 0.1) is 0 Å². The zero-order chi connectivity index (χ0) is 32.5. The molecule has 3 heteroatoms. The van der Waals surface area contributed by atoms with E-state index in [4.69, 9.17) is 4.99 Å². The van der Waals surface area contributed by atoms with E-state index >= 15 is 0 Å². The molecule has 0 bridgehead atoms. The van der Waals surface area contributed by atoms with Gasteiger partial charge < -0.3 is 9.47 Å². The van der Waals surface area contributed by atoms with Gasteiger partial charge in [-0.2, -0.15) is 0 Å². The summed E-state index contributed by atoms with van der Waals surface area (Å²) >= 11 is 0. The number of rotatable bonds is 5. The molecule has 5 aromatic carbocycles. The predicted molar refractivity (Wildman–Crippen MR) is 203 cm³/mol. The molecule has 1 atom stereocenters. The zero-order valence-electron chi connectivity index (χ0n) is 27.8. The molecule has 1 aromatic heterocycles. The Morgan fingerprint density at radius 1 is 0.667 bits per heavy atom. The molecule has 48 heavy (non-hydrogen) atoms. The van der Waals surface area contributed by atoms with Crippen LogP contribution in [0.4, 0.5) is 5.69 Å². The predicted octanol–water partition coefficient (Wildman–Crippen LogP) is 11.4. The molecule has 0 radical (unpaired) electrons. The number of para-hydroxylation sites is 2. The van der Waals surface area contributed by atoms with Gasteiger partial charge in [0.25, 0.3) is 0 Å². The number of hydrogen-bond donors (Lipinski definition) is 0. The van der Waals surface area contributed by atoms with Gasteiger partial charge in [0.15, 0.2) is 0 Å². The summed E-state index contributed by atoms with van der Waals surface area (Å²) in [5, 5.41) is 2.54. The van der Waals surface area contributed by atoms with Crippen LogP contribution >= 0.6 is 0 Å². The number of aromatic nitrogens is 1. The highest BCUT2D eigenvalue weighted by Gasteiger charge is 2.44. The van der Waals surface area contributed by atoms with Crippen molar-refractivity contribution in [3.63, 3.8) is 0 Å². The summed E-state index contributed by atoms with van der Waals surface area (Å²) < 4.78 is 2.37. The standard InChI is InChI=1S/C45H39N3/c1-44(2)39-17-9-7-15-35(39)36-26-27-45(3,30-40(36)44)48(43-19-11-12-28-46-43)34-23-20-31(21-24-34)32-22-25-42-38(29-32)37-16-8-10-18-41(37)47(42)33-13-5-4-6-14-33/h4-10,13-26,28-30H,11-12,27H2,1-3H3. The highest BCUT2D eigenvalue weighted by Crippen LogP contribution is 2.53. The first kappa shape index (κ1) is 28.8. The van der Waals surface area contributed by atoms with Gasteiger partial charge >= 0.3 is 0 Å². The minimum absolute atomic E-state index is 0.0495. The van der Waals surface area contributed by atoms with Crippen LogP contribution in [0.25, 0.3) is 44.2 Å². The van der Waals surface area contributed by atoms with Crippen molar-refractivity contribution in [1.29, 1.82) is 0 Å². The Balaban J connectivity index is 1.12. The summed E-state index contributed by atoms with van der Waals surface area (Å²) in [5.74, 6) is 1.04. The van der Waals surface area contributed by atoms with Crippen molar-refractivity contribution < 1.29 is 0 Å². The maximum Gasteiger partial charge on any atom is 0.129 e. The van der Waals surface area contributed by atoms with E-state index in [2.05, 4.69) is 176 Å². The van der Waals surface area contributed by atoms with Crippen LogP contribution in [-0.2, 0) is 5.41 Å². The van der Waals surface area contributed by atoms with Crippen molar-refractivity contribution in [2.75, 3.05) is 4.90 Å². The van der Waals surface area contributed by atoms with Gasteiger partial charge in [0, 0.05) is 33.8 Å². The molecule has 234 valence electrons. The summed E-state index contributed by atoms with van der Waals surface area (Å²) in [6.07, 6.45) is 12.3. The molecule has 3 aliphatic rings. The molecule has 6 aromatic rings. The first-order chi connectivity index (χ1) is 23.4. The van der Waals surface area contributed by atoms with Gasteiger partial charge in [0.2, 0.25) is 0 Å². The molecular formula is C45H39N3. The second-order valence-corrected chi connectivity index (χ2v) is 14.2. The monoisotopic (exact) mass is 621 g/mol. The van der Waals surface area contributed by atoms with Crippen LogP contribution in [0.15, 0.2) is 156 Å². The Morgan fingerprint density at radius 2 is 1.40 bits per heavy atom. The number of aliphatic imine (C=N–C) groups is 1. The summed E-state index contributed by atoms with van der Waals surface area (Å²) in [4.78, 5) is 7.44. The van der Waals surface area contributed by atoms with E-state index in [1.807, 2.05) is 0 Å². The van der Waals surface area contributed by atoms with Crippen molar-refractivity contribution in [3.8, 4) is 16.8 Å². The summed E-state index contributed by atoms with van der Waals surface area (Å²) in [7, 11) is 0. The summed E-state index contributed by atoms with van der Waals surface area (Å²) in [5.41, 5.74) is 12.5. The molecular weight excluding hydrogens is 583 g/mol. The second kappa shape index (κ2) is 10.8. The Morgan fingerprint density at radius 3 is 2.21 bits per heavy atom. The number of benzene rings is 5. The number of fused-ring (bicyclic) bond motifs is 6. The zero-order valence-corrected chi connectivity index (χ0v) is 27.8. The van der Waals surface area contributed by atoms with E-state index in [1.165, 1.54) is 60.9 Å². The molecule has 1 unspecified atom stereocenters. The molecule has 0 amide bonds. The third-order valence-corrected chi connectivity index (χ3v) is 10.8. The van der Waals surface area contributed by atoms with Gasteiger partial charge in [0.1, 0.15) is 5.82 Å². The fourth-order valence-electron chi connectivity index (χ4n) is 8.35. The van der Waals surface area contributed by atoms with Crippen LogP contribution in [0.2, 0.25) is 0 Å². The van der Waals surface area contributed by atoms with Crippen LogP contribution in [0.3, 0.4) is 0 Å². The largest absolute Gasteiger partial charge is 0.317 e. The summed E-state index contributed by atoms with van der Waals surface area (Å²) in [6.45, 7) is 7.12. The van der Waals surface area contributed by atoms with E-state index in [0.29, 0.717) is 0 Å². The lowest BCUT2D eigenvalue weighted by Gasteiger charge is -2.44. The third-order valence-electron chi connectivity index (χ3n) is 10.8. The van der Waals surface area contributed by atoms with Gasteiger partial charge in [0.05, 0.1) is 16.6 Å². The lowest BCUT2D eigenvalue weighted by molar-refractivity contribution is 0.531. The molecule has 0 spiro atoms. The minimum Gasteiger partial charge on any atom is -0.317 e. The van der Waals surface area contributed by atoms with E-state index in [1.54, 1.807) is 0 Å². The normalized spacial score (nSPS) is 19.4. The first-order valence-electron chi connectivity index (χ1n) is 17.2.